The molecule has 0 bridgehead atoms. The molecule has 0 heterocycles. The van der Waals surface area contributed by atoms with E-state index in [1.165, 1.54) is 6.42 Å². The molecule has 1 fully saturated rings. The first kappa shape index (κ1) is 15.3. The van der Waals surface area contributed by atoms with Crippen LogP contribution in [0, 0.1) is 5.41 Å². The summed E-state index contributed by atoms with van der Waals surface area (Å²) in [6.07, 6.45) is 5.50. The van der Waals surface area contributed by atoms with E-state index in [2.05, 4.69) is 5.32 Å². The molecule has 2 N–H and O–H groups in total. The summed E-state index contributed by atoms with van der Waals surface area (Å²) in [5, 5.41) is 12.6. The van der Waals surface area contributed by atoms with Gasteiger partial charge in [0.05, 0.1) is 6.61 Å². The fourth-order valence-electron chi connectivity index (χ4n) is 2.81. The number of hydrogen-bond donors (Lipinski definition) is 2. The molecule has 0 atom stereocenters. The molecule has 110 valence electrons. The predicted octanol–water partition coefficient (Wildman–Crippen LogP) is 3.10. The van der Waals surface area contributed by atoms with Crippen molar-refractivity contribution in [1.82, 2.24) is 5.32 Å². The van der Waals surface area contributed by atoms with Crippen molar-refractivity contribution in [3.05, 3.63) is 35.4 Å². The highest BCUT2D eigenvalue weighted by Crippen LogP contribution is 2.35. The van der Waals surface area contributed by atoms with Gasteiger partial charge >= 0.3 is 0 Å². The Morgan fingerprint density at radius 2 is 1.85 bits per heavy atom. The van der Waals surface area contributed by atoms with E-state index < -0.39 is 0 Å². The van der Waals surface area contributed by atoms with Gasteiger partial charge in [-0.2, -0.15) is 0 Å². The number of halogens is 1. The molecule has 20 heavy (non-hydrogen) atoms. The third-order valence-corrected chi connectivity index (χ3v) is 4.55. The first-order chi connectivity index (χ1) is 9.69. The van der Waals surface area contributed by atoms with Gasteiger partial charge in [0.15, 0.2) is 0 Å². The minimum atomic E-state index is -0.121. The van der Waals surface area contributed by atoms with Crippen molar-refractivity contribution in [3.8, 4) is 0 Å². The number of aliphatic hydroxyl groups excluding tert-OH is 1. The largest absolute Gasteiger partial charge is 0.396 e. The number of aliphatic hydroxyl groups is 1. The van der Waals surface area contributed by atoms with Crippen molar-refractivity contribution >= 4 is 17.5 Å². The van der Waals surface area contributed by atoms with Gasteiger partial charge in [0.1, 0.15) is 0 Å². The maximum atomic E-state index is 12.1. The van der Waals surface area contributed by atoms with Crippen molar-refractivity contribution in [2.45, 2.75) is 38.0 Å². The normalized spacial score (nSPS) is 17.7. The van der Waals surface area contributed by atoms with E-state index in [1.807, 2.05) is 12.1 Å². The molecule has 1 saturated carbocycles. The number of amides is 1. The van der Waals surface area contributed by atoms with Gasteiger partial charge in [0.25, 0.3) is 5.91 Å². The zero-order valence-corrected chi connectivity index (χ0v) is 12.5. The fraction of sp³-hybridized carbons (Fsp3) is 0.562. The molecular weight excluding hydrogens is 274 g/mol. The number of carbonyl (C=O) groups excluding carboxylic acids is 1. The van der Waals surface area contributed by atoms with Crippen molar-refractivity contribution in [3.63, 3.8) is 0 Å². The molecule has 0 radical (unpaired) electrons. The standard InChI is InChI=1S/C16H22ClNO2/c17-10-13-4-6-14(7-5-13)15(20)18-11-16(12-19)8-2-1-3-9-16/h4-7,19H,1-3,8-12H2,(H,18,20). The molecule has 1 aromatic carbocycles. The third-order valence-electron chi connectivity index (χ3n) is 4.24. The van der Waals surface area contributed by atoms with Gasteiger partial charge < -0.3 is 10.4 Å². The molecule has 1 aliphatic rings. The second kappa shape index (κ2) is 7.09. The van der Waals surface area contributed by atoms with Crippen LogP contribution < -0.4 is 5.32 Å². The summed E-state index contributed by atoms with van der Waals surface area (Å²) in [5.74, 6) is 0.375. The number of alkyl halides is 1. The summed E-state index contributed by atoms with van der Waals surface area (Å²) in [6, 6.07) is 7.31. The Balaban J connectivity index is 1.93. The summed E-state index contributed by atoms with van der Waals surface area (Å²) in [5.41, 5.74) is 1.52. The van der Waals surface area contributed by atoms with Crippen molar-refractivity contribution < 1.29 is 9.90 Å². The highest BCUT2D eigenvalue weighted by atomic mass is 35.5. The van der Waals surface area contributed by atoms with E-state index in [0.29, 0.717) is 18.0 Å². The Bertz CT molecular complexity index is 438. The van der Waals surface area contributed by atoms with Gasteiger partial charge in [-0.05, 0) is 30.5 Å². The van der Waals surface area contributed by atoms with Crippen LogP contribution in [0.3, 0.4) is 0 Å². The van der Waals surface area contributed by atoms with Crippen molar-refractivity contribution in [1.29, 1.82) is 0 Å². The van der Waals surface area contributed by atoms with Crippen LogP contribution >= 0.6 is 11.6 Å². The molecule has 0 aromatic heterocycles. The summed E-state index contributed by atoms with van der Waals surface area (Å²) in [4.78, 5) is 12.1. The summed E-state index contributed by atoms with van der Waals surface area (Å²) in [6.45, 7) is 0.706. The van der Waals surface area contributed by atoms with Gasteiger partial charge in [-0.25, -0.2) is 0 Å². The van der Waals surface area contributed by atoms with Crippen LogP contribution in [0.2, 0.25) is 0 Å². The quantitative estimate of drug-likeness (QED) is 0.820. The van der Waals surface area contributed by atoms with Crippen LogP contribution in [-0.4, -0.2) is 24.2 Å². The highest BCUT2D eigenvalue weighted by molar-refractivity contribution is 6.17. The molecule has 0 spiro atoms. The van der Waals surface area contributed by atoms with E-state index in [1.54, 1.807) is 12.1 Å². The van der Waals surface area contributed by atoms with Crippen LogP contribution in [-0.2, 0) is 5.88 Å². The van der Waals surface area contributed by atoms with E-state index >= 15 is 0 Å². The van der Waals surface area contributed by atoms with Gasteiger partial charge in [-0.1, -0.05) is 31.4 Å². The van der Waals surface area contributed by atoms with Crippen LogP contribution in [0.4, 0.5) is 0 Å². The van der Waals surface area contributed by atoms with Crippen LogP contribution in [0.25, 0.3) is 0 Å². The minimum absolute atomic E-state index is 0.0791. The lowest BCUT2D eigenvalue weighted by atomic mass is 9.74. The van der Waals surface area contributed by atoms with E-state index in [0.717, 1.165) is 31.2 Å². The topological polar surface area (TPSA) is 49.3 Å². The van der Waals surface area contributed by atoms with E-state index in [9.17, 15) is 9.90 Å². The average Bonchev–Trinajstić information content (AvgIpc) is 2.53. The number of hydrogen-bond acceptors (Lipinski definition) is 2. The molecular formula is C16H22ClNO2. The van der Waals surface area contributed by atoms with Crippen LogP contribution in [0.15, 0.2) is 24.3 Å². The minimum Gasteiger partial charge on any atom is -0.396 e. The van der Waals surface area contributed by atoms with Gasteiger partial charge in [0.2, 0.25) is 0 Å². The maximum absolute atomic E-state index is 12.1. The van der Waals surface area contributed by atoms with Gasteiger partial charge in [0, 0.05) is 23.4 Å². The fourth-order valence-corrected chi connectivity index (χ4v) is 2.99. The molecule has 0 unspecified atom stereocenters. The molecule has 4 heteroatoms. The Kier molecular flexibility index (Phi) is 5.44. The highest BCUT2D eigenvalue weighted by Gasteiger charge is 2.31. The summed E-state index contributed by atoms with van der Waals surface area (Å²) < 4.78 is 0. The van der Waals surface area contributed by atoms with Gasteiger partial charge in [-0.3, -0.25) is 4.79 Å². The Hall–Kier alpha value is -1.06. The molecule has 3 nitrogen and oxygen atoms in total. The third kappa shape index (κ3) is 3.74. The zero-order chi connectivity index (χ0) is 14.4. The Labute approximate surface area is 125 Å². The maximum Gasteiger partial charge on any atom is 0.251 e. The number of nitrogens with one attached hydrogen (secondary N) is 1. The molecule has 0 saturated heterocycles. The molecule has 2 rings (SSSR count). The first-order valence-electron chi connectivity index (χ1n) is 7.23. The smallest absolute Gasteiger partial charge is 0.251 e. The van der Waals surface area contributed by atoms with Crippen molar-refractivity contribution in [2.75, 3.05) is 13.2 Å². The molecule has 0 aliphatic heterocycles. The lowest BCUT2D eigenvalue weighted by Crippen LogP contribution is -2.41. The van der Waals surface area contributed by atoms with Gasteiger partial charge in [-0.15, -0.1) is 11.6 Å². The second-order valence-corrected chi connectivity index (χ2v) is 6.00. The number of carbonyl (C=O) groups is 1. The zero-order valence-electron chi connectivity index (χ0n) is 11.7. The summed E-state index contributed by atoms with van der Waals surface area (Å²) in [7, 11) is 0. The Morgan fingerprint density at radius 3 is 2.40 bits per heavy atom. The SMILES string of the molecule is O=C(NCC1(CO)CCCCC1)c1ccc(CCl)cc1. The average molecular weight is 296 g/mol. The molecule has 1 aliphatic carbocycles. The molecule has 1 aromatic rings. The number of benzene rings is 1. The second-order valence-electron chi connectivity index (χ2n) is 5.73. The first-order valence-corrected chi connectivity index (χ1v) is 7.76. The van der Waals surface area contributed by atoms with E-state index in [-0.39, 0.29) is 17.9 Å². The lowest BCUT2D eigenvalue weighted by molar-refractivity contribution is 0.0718. The lowest BCUT2D eigenvalue weighted by Gasteiger charge is -2.35. The summed E-state index contributed by atoms with van der Waals surface area (Å²) >= 11 is 5.73. The van der Waals surface area contributed by atoms with Crippen LogP contribution in [0.1, 0.15) is 48.0 Å². The van der Waals surface area contributed by atoms with E-state index in [4.69, 9.17) is 11.6 Å². The Morgan fingerprint density at radius 1 is 1.20 bits per heavy atom. The predicted molar refractivity (Wildman–Crippen MR) is 80.9 cm³/mol. The molecule has 1 amide bonds. The van der Waals surface area contributed by atoms with Crippen LogP contribution in [0.5, 0.6) is 0 Å². The monoisotopic (exact) mass is 295 g/mol. The van der Waals surface area contributed by atoms with Crippen molar-refractivity contribution in [2.24, 2.45) is 5.41 Å². The number of rotatable bonds is 5.